The monoisotopic (exact) mass is 418 g/mol. The maximum Gasteiger partial charge on any atom is 0.470 e. The highest BCUT2D eigenvalue weighted by Gasteiger charge is 2.35. The Kier molecular flexibility index (Phi) is 13.5. The van der Waals surface area contributed by atoms with Gasteiger partial charge < -0.3 is 19.6 Å². The van der Waals surface area contributed by atoms with Crippen molar-refractivity contribution in [3.05, 3.63) is 0 Å². The first-order valence-corrected chi connectivity index (χ1v) is 12.5. The summed E-state index contributed by atoms with van der Waals surface area (Å²) in [5, 5.41) is 0. The number of rotatable bonds is 17. The SMILES string of the molecule is CCCCCCCCCCCCCC(C)(COP(=O)(O)O)OP(=O)(O)O. The van der Waals surface area contributed by atoms with Crippen LogP contribution in [-0.4, -0.2) is 31.8 Å². The van der Waals surface area contributed by atoms with E-state index in [-0.39, 0.29) is 6.42 Å². The first-order chi connectivity index (χ1) is 12.0. The molecule has 0 heterocycles. The Morgan fingerprint density at radius 3 is 1.54 bits per heavy atom. The predicted molar refractivity (Wildman–Crippen MR) is 101 cm³/mol. The molecule has 26 heavy (non-hydrogen) atoms. The molecule has 1 atom stereocenters. The van der Waals surface area contributed by atoms with Gasteiger partial charge >= 0.3 is 15.6 Å². The summed E-state index contributed by atoms with van der Waals surface area (Å²) in [6, 6.07) is 0. The van der Waals surface area contributed by atoms with Crippen LogP contribution in [-0.2, 0) is 18.2 Å². The molecule has 0 fully saturated rings. The van der Waals surface area contributed by atoms with Crippen molar-refractivity contribution in [3.8, 4) is 0 Å². The van der Waals surface area contributed by atoms with Crippen LogP contribution in [0.2, 0.25) is 0 Å². The van der Waals surface area contributed by atoms with E-state index in [1.54, 1.807) is 0 Å². The molecule has 0 aliphatic carbocycles. The van der Waals surface area contributed by atoms with E-state index < -0.39 is 27.9 Å². The van der Waals surface area contributed by atoms with E-state index in [1.165, 1.54) is 51.9 Å². The van der Waals surface area contributed by atoms with Gasteiger partial charge in [-0.2, -0.15) is 0 Å². The van der Waals surface area contributed by atoms with E-state index >= 15 is 0 Å². The summed E-state index contributed by atoms with van der Waals surface area (Å²) in [5.74, 6) is 0. The molecule has 0 aromatic carbocycles. The van der Waals surface area contributed by atoms with Crippen LogP contribution in [0.3, 0.4) is 0 Å². The Hall–Kier alpha value is 0.220. The quantitative estimate of drug-likeness (QED) is 0.198. The molecule has 0 bridgehead atoms. The summed E-state index contributed by atoms with van der Waals surface area (Å²) in [7, 11) is -9.51. The second-order valence-electron chi connectivity index (χ2n) is 7.08. The summed E-state index contributed by atoms with van der Waals surface area (Å²) in [6.07, 6.45) is 12.7. The lowest BCUT2D eigenvalue weighted by molar-refractivity contribution is -0.00746. The van der Waals surface area contributed by atoms with Crippen LogP contribution in [0.15, 0.2) is 0 Å². The third-order valence-electron chi connectivity index (χ3n) is 4.19. The highest BCUT2D eigenvalue weighted by atomic mass is 31.2. The van der Waals surface area contributed by atoms with Crippen molar-refractivity contribution < 1.29 is 37.8 Å². The Labute approximate surface area is 157 Å². The molecule has 0 aliphatic rings. The van der Waals surface area contributed by atoms with Crippen molar-refractivity contribution in [3.63, 3.8) is 0 Å². The number of phosphoric ester groups is 2. The topological polar surface area (TPSA) is 134 Å². The van der Waals surface area contributed by atoms with Crippen molar-refractivity contribution in [2.24, 2.45) is 0 Å². The molecular weight excluding hydrogens is 382 g/mol. The molecule has 0 radical (unpaired) electrons. The molecule has 0 saturated carbocycles. The second kappa shape index (κ2) is 13.4. The first kappa shape index (κ1) is 26.2. The van der Waals surface area contributed by atoms with Crippen LogP contribution in [0.1, 0.15) is 90.9 Å². The molecule has 0 rings (SSSR count). The van der Waals surface area contributed by atoms with Crippen LogP contribution in [0.4, 0.5) is 0 Å². The van der Waals surface area contributed by atoms with E-state index in [0.717, 1.165) is 19.3 Å². The van der Waals surface area contributed by atoms with E-state index in [9.17, 15) is 9.13 Å². The summed E-state index contributed by atoms with van der Waals surface area (Å²) in [4.78, 5) is 35.6. The maximum atomic E-state index is 11.1. The minimum atomic E-state index is -4.78. The zero-order chi connectivity index (χ0) is 20.1. The molecule has 0 aliphatic heterocycles. The lowest BCUT2D eigenvalue weighted by Gasteiger charge is -2.29. The van der Waals surface area contributed by atoms with Gasteiger partial charge in [-0.15, -0.1) is 0 Å². The summed E-state index contributed by atoms with van der Waals surface area (Å²) in [6.45, 7) is 3.01. The highest BCUT2D eigenvalue weighted by Crippen LogP contribution is 2.45. The maximum absolute atomic E-state index is 11.1. The molecule has 1 unspecified atom stereocenters. The van der Waals surface area contributed by atoms with Crippen LogP contribution in [0, 0.1) is 0 Å². The van der Waals surface area contributed by atoms with E-state index in [0.29, 0.717) is 6.42 Å². The van der Waals surface area contributed by atoms with Gasteiger partial charge in [0, 0.05) is 0 Å². The van der Waals surface area contributed by atoms with Gasteiger partial charge in [0.2, 0.25) is 0 Å². The molecule has 0 saturated heterocycles. The van der Waals surface area contributed by atoms with E-state index in [4.69, 9.17) is 24.1 Å². The van der Waals surface area contributed by atoms with Crippen LogP contribution >= 0.6 is 15.6 Å². The Bertz CT molecular complexity index is 448. The molecule has 0 amide bonds. The van der Waals surface area contributed by atoms with Crippen LogP contribution < -0.4 is 0 Å². The zero-order valence-corrected chi connectivity index (χ0v) is 17.8. The Morgan fingerprint density at radius 2 is 1.15 bits per heavy atom. The summed E-state index contributed by atoms with van der Waals surface area (Å²) < 4.78 is 31.0. The molecular formula is C16H36O8P2. The molecule has 4 N–H and O–H groups in total. The van der Waals surface area contributed by atoms with E-state index in [2.05, 4.69) is 11.4 Å². The number of phosphoric acid groups is 2. The number of unbranched alkanes of at least 4 members (excludes halogenated alkanes) is 10. The third-order valence-corrected chi connectivity index (χ3v) is 5.33. The lowest BCUT2D eigenvalue weighted by Crippen LogP contribution is -2.33. The Balaban J connectivity index is 3.99. The largest absolute Gasteiger partial charge is 0.470 e. The average Bonchev–Trinajstić information content (AvgIpc) is 2.48. The molecule has 10 heteroatoms. The smallest absolute Gasteiger partial charge is 0.303 e. The van der Waals surface area contributed by atoms with Gasteiger partial charge in [0.15, 0.2) is 0 Å². The standard InChI is InChI=1S/C16H36O8P2/c1-3-4-5-6-7-8-9-10-11-12-13-14-16(2,24-26(20,21)22)15-23-25(17,18)19/h3-15H2,1-2H3,(H2,17,18,19)(H2,20,21,22). The zero-order valence-electron chi connectivity index (χ0n) is 16.0. The number of hydrogen-bond acceptors (Lipinski definition) is 4. The van der Waals surface area contributed by atoms with Crippen molar-refractivity contribution in [1.29, 1.82) is 0 Å². The van der Waals surface area contributed by atoms with Crippen molar-refractivity contribution in [2.75, 3.05) is 6.61 Å². The van der Waals surface area contributed by atoms with Gasteiger partial charge in [0.25, 0.3) is 0 Å². The van der Waals surface area contributed by atoms with Gasteiger partial charge in [-0.1, -0.05) is 77.6 Å². The fraction of sp³-hybridized carbons (Fsp3) is 1.00. The van der Waals surface area contributed by atoms with Gasteiger partial charge in [0.05, 0.1) is 6.61 Å². The Morgan fingerprint density at radius 1 is 0.731 bits per heavy atom. The minimum Gasteiger partial charge on any atom is -0.303 e. The summed E-state index contributed by atoms with van der Waals surface area (Å²) in [5.41, 5.74) is -1.45. The molecule has 0 spiro atoms. The predicted octanol–water partition coefficient (Wildman–Crippen LogP) is 4.66. The van der Waals surface area contributed by atoms with Crippen molar-refractivity contribution >= 4 is 15.6 Å². The van der Waals surface area contributed by atoms with E-state index in [1.807, 2.05) is 0 Å². The second-order valence-corrected chi connectivity index (χ2v) is 9.48. The number of hydrogen-bond donors (Lipinski definition) is 4. The van der Waals surface area contributed by atoms with Crippen molar-refractivity contribution in [1.82, 2.24) is 0 Å². The summed E-state index contributed by atoms with van der Waals surface area (Å²) >= 11 is 0. The highest BCUT2D eigenvalue weighted by molar-refractivity contribution is 7.46. The van der Waals surface area contributed by atoms with Crippen molar-refractivity contribution in [2.45, 2.75) is 96.5 Å². The molecule has 158 valence electrons. The van der Waals surface area contributed by atoms with Gasteiger partial charge in [-0.25, -0.2) is 9.13 Å². The fourth-order valence-corrected chi connectivity index (χ4v) is 3.97. The molecule has 0 aromatic rings. The van der Waals surface area contributed by atoms with Gasteiger partial charge in [-0.3, -0.25) is 9.05 Å². The minimum absolute atomic E-state index is 0.245. The van der Waals surface area contributed by atoms with Crippen LogP contribution in [0.5, 0.6) is 0 Å². The molecule has 8 nitrogen and oxygen atoms in total. The third kappa shape index (κ3) is 17.6. The normalized spacial score (nSPS) is 15.2. The fourth-order valence-electron chi connectivity index (χ4n) is 2.82. The molecule has 0 aromatic heterocycles. The van der Waals surface area contributed by atoms with Gasteiger partial charge in [0.1, 0.15) is 5.60 Å². The van der Waals surface area contributed by atoms with Crippen LogP contribution in [0.25, 0.3) is 0 Å². The van der Waals surface area contributed by atoms with Gasteiger partial charge in [-0.05, 0) is 13.3 Å². The lowest BCUT2D eigenvalue weighted by atomic mass is 9.98. The average molecular weight is 418 g/mol. The first-order valence-electron chi connectivity index (χ1n) is 9.44.